The van der Waals surface area contributed by atoms with Crippen molar-refractivity contribution in [3.05, 3.63) is 0 Å². The summed E-state index contributed by atoms with van der Waals surface area (Å²) in [6.07, 6.45) is 21.7. The molecule has 0 aliphatic heterocycles. The van der Waals surface area contributed by atoms with E-state index in [1.165, 1.54) is 96.1 Å². The summed E-state index contributed by atoms with van der Waals surface area (Å²) < 4.78 is 0. The van der Waals surface area contributed by atoms with Crippen molar-refractivity contribution < 1.29 is 19.5 Å². The number of unbranched alkanes of at least 4 members (excludes halogenated alkanes) is 13. The van der Waals surface area contributed by atoms with Gasteiger partial charge in [-0.1, -0.05) is 90.4 Å². The Kier molecular flexibility index (Phi) is 24.2. The smallest absolute Gasteiger partial charge is 0 e. The van der Waals surface area contributed by atoms with Crippen LogP contribution in [0.3, 0.4) is 0 Å². The molecule has 0 radical (unpaired) electrons. The number of hydrogen-bond donors (Lipinski definition) is 0. The van der Waals surface area contributed by atoms with Gasteiger partial charge in [-0.15, -0.1) is 9.24 Å². The molecule has 0 nitrogen and oxygen atoms in total. The normalized spacial score (nSPS) is 10.3. The first-order valence-electron chi connectivity index (χ1n) is 8.12. The average molecular weight is 324 g/mol. The molecule has 0 aliphatic rings. The van der Waals surface area contributed by atoms with Gasteiger partial charge in [0.2, 0.25) is 0 Å². The topological polar surface area (TPSA) is 0 Å². The second-order valence-corrected chi connectivity index (χ2v) is 5.96. The molecular formula is C16H35PZn. The van der Waals surface area contributed by atoms with Gasteiger partial charge < -0.3 is 0 Å². The van der Waals surface area contributed by atoms with E-state index in [4.69, 9.17) is 0 Å². The van der Waals surface area contributed by atoms with E-state index < -0.39 is 0 Å². The molecule has 106 valence electrons. The van der Waals surface area contributed by atoms with Crippen LogP contribution in [0.15, 0.2) is 0 Å². The summed E-state index contributed by atoms with van der Waals surface area (Å²) in [6, 6.07) is 0. The summed E-state index contributed by atoms with van der Waals surface area (Å²) in [5, 5.41) is 0. The van der Waals surface area contributed by atoms with Crippen LogP contribution in [0.1, 0.15) is 96.8 Å². The van der Waals surface area contributed by atoms with Gasteiger partial charge in [0.15, 0.2) is 0 Å². The van der Waals surface area contributed by atoms with Crippen LogP contribution >= 0.6 is 9.24 Å². The minimum absolute atomic E-state index is 0. The maximum absolute atomic E-state index is 2.82. The van der Waals surface area contributed by atoms with E-state index in [0.717, 1.165) is 0 Å². The van der Waals surface area contributed by atoms with Crippen LogP contribution in [0.5, 0.6) is 0 Å². The quantitative estimate of drug-likeness (QED) is 0.199. The molecule has 0 spiro atoms. The Morgan fingerprint density at radius 1 is 0.500 bits per heavy atom. The van der Waals surface area contributed by atoms with Gasteiger partial charge in [0.25, 0.3) is 0 Å². The van der Waals surface area contributed by atoms with Crippen LogP contribution in [0.25, 0.3) is 0 Å². The van der Waals surface area contributed by atoms with Crippen LogP contribution < -0.4 is 0 Å². The van der Waals surface area contributed by atoms with E-state index in [2.05, 4.69) is 16.2 Å². The van der Waals surface area contributed by atoms with Crippen molar-refractivity contribution in [3.63, 3.8) is 0 Å². The van der Waals surface area contributed by atoms with Crippen LogP contribution in [0, 0.1) is 0 Å². The van der Waals surface area contributed by atoms with Crippen molar-refractivity contribution in [3.8, 4) is 0 Å². The van der Waals surface area contributed by atoms with Crippen molar-refractivity contribution in [2.45, 2.75) is 96.8 Å². The minimum atomic E-state index is 0. The van der Waals surface area contributed by atoms with Gasteiger partial charge >= 0.3 is 0 Å². The monoisotopic (exact) mass is 322 g/mol. The zero-order valence-electron chi connectivity index (χ0n) is 12.9. The van der Waals surface area contributed by atoms with Crippen LogP contribution in [0.2, 0.25) is 0 Å². The summed E-state index contributed by atoms with van der Waals surface area (Å²) in [5.74, 6) is 0. The van der Waals surface area contributed by atoms with Crippen molar-refractivity contribution >= 4 is 9.24 Å². The van der Waals surface area contributed by atoms with Gasteiger partial charge in [-0.3, -0.25) is 0 Å². The molecule has 0 rings (SSSR count). The van der Waals surface area contributed by atoms with Crippen molar-refractivity contribution in [1.82, 2.24) is 0 Å². The van der Waals surface area contributed by atoms with Crippen molar-refractivity contribution in [2.75, 3.05) is 6.16 Å². The molecule has 0 saturated carbocycles. The van der Waals surface area contributed by atoms with E-state index in [1.54, 1.807) is 0 Å². The summed E-state index contributed by atoms with van der Waals surface area (Å²) >= 11 is 0. The molecule has 0 aliphatic carbocycles. The first-order chi connectivity index (χ1) is 8.41. The van der Waals surface area contributed by atoms with Crippen LogP contribution in [-0.2, 0) is 19.5 Å². The van der Waals surface area contributed by atoms with Crippen molar-refractivity contribution in [2.24, 2.45) is 0 Å². The third-order valence-electron chi connectivity index (χ3n) is 3.56. The van der Waals surface area contributed by atoms with Gasteiger partial charge in [-0.2, -0.15) is 0 Å². The first kappa shape index (κ1) is 21.4. The molecule has 2 heteroatoms. The van der Waals surface area contributed by atoms with Gasteiger partial charge in [0, 0.05) is 19.5 Å². The van der Waals surface area contributed by atoms with Gasteiger partial charge in [-0.05, 0) is 12.6 Å². The Bertz CT molecular complexity index is 114. The van der Waals surface area contributed by atoms with Crippen molar-refractivity contribution in [1.29, 1.82) is 0 Å². The molecule has 1 unspecified atom stereocenters. The Morgan fingerprint density at radius 3 is 1.06 bits per heavy atom. The SMILES string of the molecule is CCCCCCCCCCCCCCCCP.[Zn]. The third-order valence-corrected chi connectivity index (χ3v) is 3.97. The molecule has 0 N–H and O–H groups in total. The predicted octanol–water partition coefficient (Wildman–Crippen LogP) is 6.34. The van der Waals surface area contributed by atoms with E-state index in [0.29, 0.717) is 0 Å². The molecule has 0 saturated heterocycles. The molecular weight excluding hydrogens is 289 g/mol. The Labute approximate surface area is 131 Å². The zero-order valence-corrected chi connectivity index (χ0v) is 17.0. The molecule has 0 heterocycles. The second kappa shape index (κ2) is 20.4. The van der Waals surface area contributed by atoms with Gasteiger partial charge in [0.1, 0.15) is 0 Å². The zero-order chi connectivity index (χ0) is 12.6. The second-order valence-electron chi connectivity index (χ2n) is 5.38. The molecule has 18 heavy (non-hydrogen) atoms. The largest absolute Gasteiger partial charge is 0.138 e. The van der Waals surface area contributed by atoms with E-state index in [9.17, 15) is 0 Å². The van der Waals surface area contributed by atoms with E-state index in [1.807, 2.05) is 0 Å². The molecule has 1 atom stereocenters. The summed E-state index contributed by atoms with van der Waals surface area (Å²) in [6.45, 7) is 2.29. The molecule has 0 fully saturated rings. The van der Waals surface area contributed by atoms with Crippen LogP contribution in [-0.4, -0.2) is 6.16 Å². The van der Waals surface area contributed by atoms with Crippen LogP contribution in [0.4, 0.5) is 0 Å². The fraction of sp³-hybridized carbons (Fsp3) is 1.00. The summed E-state index contributed by atoms with van der Waals surface area (Å²) in [5.41, 5.74) is 0. The minimum Gasteiger partial charge on any atom is -0.138 e. The number of rotatable bonds is 14. The standard InChI is InChI=1S/C16H35P.Zn/c1-2-3-4-5-6-7-8-9-10-11-12-13-14-15-16-17;/h2-17H2,1H3;. The first-order valence-corrected chi connectivity index (χ1v) is 8.93. The molecule has 0 aromatic carbocycles. The predicted molar refractivity (Wildman–Crippen MR) is 84.9 cm³/mol. The van der Waals surface area contributed by atoms with Gasteiger partial charge in [0.05, 0.1) is 0 Å². The Morgan fingerprint density at radius 2 is 0.778 bits per heavy atom. The maximum Gasteiger partial charge on any atom is 0 e. The van der Waals surface area contributed by atoms with Gasteiger partial charge in [-0.25, -0.2) is 0 Å². The Hall–Kier alpha value is 1.05. The fourth-order valence-electron chi connectivity index (χ4n) is 2.34. The molecule has 0 aromatic rings. The maximum atomic E-state index is 2.82. The summed E-state index contributed by atoms with van der Waals surface area (Å²) in [4.78, 5) is 0. The summed E-state index contributed by atoms with van der Waals surface area (Å²) in [7, 11) is 2.82. The average Bonchev–Trinajstić information content (AvgIpc) is 2.35. The fourth-order valence-corrected chi connectivity index (χ4v) is 2.63. The molecule has 0 aromatic heterocycles. The number of hydrogen-bond acceptors (Lipinski definition) is 0. The molecule has 0 amide bonds. The Balaban J connectivity index is 0. The van der Waals surface area contributed by atoms with E-state index in [-0.39, 0.29) is 19.5 Å². The molecule has 0 bridgehead atoms. The third kappa shape index (κ3) is 19.4. The van der Waals surface area contributed by atoms with E-state index >= 15 is 0 Å².